The molecule has 0 radical (unpaired) electrons. The molecule has 0 spiro atoms. The molecule has 0 bridgehead atoms. The predicted octanol–water partition coefficient (Wildman–Crippen LogP) is 3.95. The zero-order valence-electron chi connectivity index (χ0n) is 14.5. The molecule has 0 saturated heterocycles. The highest BCUT2D eigenvalue weighted by atomic mass is 79.9. The van der Waals surface area contributed by atoms with Crippen molar-refractivity contribution in [3.05, 3.63) is 23.3 Å². The molecule has 0 aliphatic carbocycles. The van der Waals surface area contributed by atoms with Gasteiger partial charge in [-0.25, -0.2) is 4.79 Å². The summed E-state index contributed by atoms with van der Waals surface area (Å²) in [5.41, 5.74) is 1.36. The molecule has 6 heteroatoms. The van der Waals surface area contributed by atoms with E-state index in [-0.39, 0.29) is 12.4 Å². The van der Waals surface area contributed by atoms with E-state index in [1.54, 1.807) is 19.1 Å². The molecule has 24 heavy (non-hydrogen) atoms. The molecular formula is C18H25BrO5. The van der Waals surface area contributed by atoms with E-state index in [4.69, 9.17) is 14.2 Å². The summed E-state index contributed by atoms with van der Waals surface area (Å²) in [6.07, 6.45) is 2.39. The molecule has 0 aromatic heterocycles. The van der Waals surface area contributed by atoms with Crippen molar-refractivity contribution in [1.82, 2.24) is 0 Å². The lowest BCUT2D eigenvalue weighted by Gasteiger charge is -2.18. The molecule has 0 fully saturated rings. The Bertz CT molecular complexity index is 557. The quantitative estimate of drug-likeness (QED) is 0.243. The molecule has 0 amide bonds. The highest BCUT2D eigenvalue weighted by molar-refractivity contribution is 9.09. The summed E-state index contributed by atoms with van der Waals surface area (Å²) >= 11 is 3.37. The number of Topliss-reactive ketones (excluding diaryl/α,β-unsaturated/α-hetero) is 1. The molecule has 0 heterocycles. The van der Waals surface area contributed by atoms with Gasteiger partial charge in [0, 0.05) is 10.9 Å². The van der Waals surface area contributed by atoms with E-state index < -0.39 is 5.97 Å². The number of ketones is 1. The van der Waals surface area contributed by atoms with E-state index in [2.05, 4.69) is 15.9 Å². The number of esters is 1. The second kappa shape index (κ2) is 11.1. The third kappa shape index (κ3) is 6.15. The van der Waals surface area contributed by atoms with Crippen LogP contribution in [0.25, 0.3) is 0 Å². The summed E-state index contributed by atoms with van der Waals surface area (Å²) in [5.74, 6) is 0.644. The van der Waals surface area contributed by atoms with Crippen molar-refractivity contribution < 1.29 is 23.8 Å². The lowest BCUT2D eigenvalue weighted by atomic mass is 10.0. The zero-order valence-corrected chi connectivity index (χ0v) is 16.1. The van der Waals surface area contributed by atoms with E-state index in [1.165, 1.54) is 6.92 Å². The average Bonchev–Trinajstić information content (AvgIpc) is 2.55. The number of ether oxygens (including phenoxy) is 3. The first kappa shape index (κ1) is 20.5. The van der Waals surface area contributed by atoms with Gasteiger partial charge in [-0.15, -0.1) is 0 Å². The van der Waals surface area contributed by atoms with Gasteiger partial charge in [-0.05, 0) is 38.8 Å². The summed E-state index contributed by atoms with van der Waals surface area (Å²) in [4.78, 5) is 23.4. The van der Waals surface area contributed by atoms with Gasteiger partial charge >= 0.3 is 5.97 Å². The lowest BCUT2D eigenvalue weighted by molar-refractivity contribution is -0.145. The smallest absolute Gasteiger partial charge is 0.344 e. The van der Waals surface area contributed by atoms with Gasteiger partial charge in [0.05, 0.1) is 18.8 Å². The second-order valence-electron chi connectivity index (χ2n) is 5.21. The maximum Gasteiger partial charge on any atom is 0.344 e. The van der Waals surface area contributed by atoms with Crippen LogP contribution in [0.4, 0.5) is 0 Å². The van der Waals surface area contributed by atoms with E-state index in [0.29, 0.717) is 36.7 Å². The van der Waals surface area contributed by atoms with Gasteiger partial charge in [0.25, 0.3) is 0 Å². The molecule has 0 saturated carbocycles. The number of hydrogen-bond acceptors (Lipinski definition) is 5. The Morgan fingerprint density at radius 2 is 1.92 bits per heavy atom. The summed E-state index contributed by atoms with van der Waals surface area (Å²) in [7, 11) is 0. The van der Waals surface area contributed by atoms with Crippen LogP contribution in [0.5, 0.6) is 11.5 Å². The SMILES string of the molecule is CCCc1c(OCC(=O)OCC)ccc(C(C)=O)c1OCCCBr. The fourth-order valence-corrected chi connectivity index (χ4v) is 2.47. The normalized spacial score (nSPS) is 10.3. The summed E-state index contributed by atoms with van der Waals surface area (Å²) in [6, 6.07) is 3.41. The number of rotatable bonds is 11. The third-order valence-electron chi connectivity index (χ3n) is 3.27. The van der Waals surface area contributed by atoms with Gasteiger partial charge in [0.2, 0.25) is 0 Å². The Labute approximate surface area is 151 Å². The molecule has 1 aromatic rings. The van der Waals surface area contributed by atoms with Crippen molar-refractivity contribution in [2.75, 3.05) is 25.2 Å². The van der Waals surface area contributed by atoms with Crippen LogP contribution < -0.4 is 9.47 Å². The Hall–Kier alpha value is -1.56. The number of carbonyl (C=O) groups excluding carboxylic acids is 2. The van der Waals surface area contributed by atoms with Crippen LogP contribution in [0.15, 0.2) is 12.1 Å². The van der Waals surface area contributed by atoms with Crippen LogP contribution in [-0.2, 0) is 16.0 Å². The maximum atomic E-state index is 11.9. The van der Waals surface area contributed by atoms with E-state index in [1.807, 2.05) is 6.92 Å². The molecule has 5 nitrogen and oxygen atoms in total. The van der Waals surface area contributed by atoms with Crippen molar-refractivity contribution in [3.8, 4) is 11.5 Å². The third-order valence-corrected chi connectivity index (χ3v) is 3.83. The first-order valence-corrected chi connectivity index (χ1v) is 9.31. The van der Waals surface area contributed by atoms with Gasteiger partial charge in [-0.2, -0.15) is 0 Å². The number of benzene rings is 1. The van der Waals surface area contributed by atoms with Crippen molar-refractivity contribution in [2.45, 2.75) is 40.0 Å². The Morgan fingerprint density at radius 3 is 2.50 bits per heavy atom. The summed E-state index contributed by atoms with van der Waals surface area (Å²) < 4.78 is 16.4. The molecule has 0 unspecified atom stereocenters. The molecule has 0 atom stereocenters. The Balaban J connectivity index is 3.11. The van der Waals surface area contributed by atoms with Crippen molar-refractivity contribution >= 4 is 27.7 Å². The Morgan fingerprint density at radius 1 is 1.17 bits per heavy atom. The van der Waals surface area contributed by atoms with Crippen LogP contribution >= 0.6 is 15.9 Å². The summed E-state index contributed by atoms with van der Waals surface area (Å²) in [6.45, 7) is 5.96. The molecule has 0 aliphatic heterocycles. The monoisotopic (exact) mass is 400 g/mol. The van der Waals surface area contributed by atoms with Crippen LogP contribution in [0.1, 0.15) is 49.5 Å². The standard InChI is InChI=1S/C18H25BrO5/c1-4-7-15-16(24-12-17(21)22-5-2)9-8-14(13(3)20)18(15)23-11-6-10-19/h8-9H,4-7,10-12H2,1-3H3. The van der Waals surface area contributed by atoms with Gasteiger partial charge in [0.1, 0.15) is 11.5 Å². The van der Waals surface area contributed by atoms with Crippen molar-refractivity contribution in [3.63, 3.8) is 0 Å². The van der Waals surface area contributed by atoms with E-state index in [0.717, 1.165) is 23.7 Å². The molecule has 1 rings (SSSR count). The number of carbonyl (C=O) groups is 2. The van der Waals surface area contributed by atoms with Crippen LogP contribution in [0, 0.1) is 0 Å². The van der Waals surface area contributed by atoms with E-state index in [9.17, 15) is 9.59 Å². The maximum absolute atomic E-state index is 11.9. The fraction of sp³-hybridized carbons (Fsp3) is 0.556. The summed E-state index contributed by atoms with van der Waals surface area (Å²) in [5, 5.41) is 0.824. The van der Waals surface area contributed by atoms with Gasteiger partial charge in [-0.3, -0.25) is 4.79 Å². The second-order valence-corrected chi connectivity index (χ2v) is 6.00. The average molecular weight is 401 g/mol. The van der Waals surface area contributed by atoms with Crippen LogP contribution in [-0.4, -0.2) is 36.9 Å². The minimum absolute atomic E-state index is 0.0573. The largest absolute Gasteiger partial charge is 0.492 e. The van der Waals surface area contributed by atoms with E-state index >= 15 is 0 Å². The molecule has 0 aliphatic rings. The van der Waals surface area contributed by atoms with Gasteiger partial charge in [0.15, 0.2) is 12.4 Å². The van der Waals surface area contributed by atoms with Crippen molar-refractivity contribution in [2.24, 2.45) is 0 Å². The first-order chi connectivity index (χ1) is 11.5. The molecule has 0 N–H and O–H groups in total. The lowest BCUT2D eigenvalue weighted by Crippen LogP contribution is -2.16. The fourth-order valence-electron chi connectivity index (χ4n) is 2.24. The zero-order chi connectivity index (χ0) is 17.9. The first-order valence-electron chi connectivity index (χ1n) is 8.19. The molecule has 134 valence electrons. The highest BCUT2D eigenvalue weighted by Crippen LogP contribution is 2.34. The number of alkyl halides is 1. The minimum Gasteiger partial charge on any atom is -0.492 e. The number of halogens is 1. The number of hydrogen-bond donors (Lipinski definition) is 0. The van der Waals surface area contributed by atoms with Gasteiger partial charge < -0.3 is 14.2 Å². The predicted molar refractivity (Wildman–Crippen MR) is 96.5 cm³/mol. The molecular weight excluding hydrogens is 376 g/mol. The van der Waals surface area contributed by atoms with Crippen LogP contribution in [0.2, 0.25) is 0 Å². The topological polar surface area (TPSA) is 61.8 Å². The van der Waals surface area contributed by atoms with Crippen LogP contribution in [0.3, 0.4) is 0 Å². The molecule has 1 aromatic carbocycles. The minimum atomic E-state index is -0.419. The highest BCUT2D eigenvalue weighted by Gasteiger charge is 2.19. The van der Waals surface area contributed by atoms with Gasteiger partial charge in [-0.1, -0.05) is 29.3 Å². The van der Waals surface area contributed by atoms with Crippen molar-refractivity contribution in [1.29, 1.82) is 0 Å². The Kier molecular flexibility index (Phi) is 9.45.